The number of carbonyl (C=O) groups is 1. The smallest absolute Gasteiger partial charge is 0.266 e. The topological polar surface area (TPSA) is 52.0 Å². The quantitative estimate of drug-likeness (QED) is 0.419. The summed E-state index contributed by atoms with van der Waals surface area (Å²) < 4.78 is 1.57. The molecule has 0 saturated carbocycles. The van der Waals surface area contributed by atoms with Gasteiger partial charge in [0.1, 0.15) is 5.78 Å². The van der Waals surface area contributed by atoms with Crippen molar-refractivity contribution in [2.75, 3.05) is 5.75 Å². The fourth-order valence-electron chi connectivity index (χ4n) is 2.82. The number of halogens is 1. The average molecular weight is 401 g/mol. The molecule has 3 aromatic rings. The molecule has 0 radical (unpaired) electrons. The minimum absolute atomic E-state index is 0.0270. The van der Waals surface area contributed by atoms with Gasteiger partial charge in [0.05, 0.1) is 22.3 Å². The average Bonchev–Trinajstić information content (AvgIpc) is 2.65. The molecular weight excluding hydrogens is 380 g/mol. The highest BCUT2D eigenvalue weighted by molar-refractivity contribution is 7.99. The molecule has 0 spiro atoms. The van der Waals surface area contributed by atoms with Crippen LogP contribution in [0.3, 0.4) is 0 Å². The lowest BCUT2D eigenvalue weighted by Gasteiger charge is -2.15. The Morgan fingerprint density at radius 3 is 2.56 bits per heavy atom. The fourth-order valence-corrected chi connectivity index (χ4v) is 3.80. The van der Waals surface area contributed by atoms with Gasteiger partial charge in [0.15, 0.2) is 5.16 Å². The number of Topliss-reactive ketones (excluding diaryl/α,β-unsaturated/α-hetero) is 1. The Labute approximate surface area is 167 Å². The molecule has 0 unspecified atom stereocenters. The van der Waals surface area contributed by atoms with Gasteiger partial charge in [0.25, 0.3) is 5.56 Å². The predicted octanol–water partition coefficient (Wildman–Crippen LogP) is 5.23. The maximum atomic E-state index is 13.2. The van der Waals surface area contributed by atoms with E-state index in [2.05, 4.69) is 18.8 Å². The standard InChI is InChI=1S/C21H21ClN2O2S/c1-4-13(2)15-5-8-17(9-6-15)24-20(26)18-10-7-16(22)11-19(18)23-21(24)27-12-14(3)25/h5-11,13H,4,12H2,1-3H3/t13-/m1/s1. The lowest BCUT2D eigenvalue weighted by molar-refractivity contribution is -0.114. The second kappa shape index (κ2) is 8.28. The maximum Gasteiger partial charge on any atom is 0.266 e. The second-order valence-electron chi connectivity index (χ2n) is 6.59. The first-order chi connectivity index (χ1) is 12.9. The van der Waals surface area contributed by atoms with Crippen LogP contribution in [-0.2, 0) is 4.79 Å². The van der Waals surface area contributed by atoms with Crippen molar-refractivity contribution in [1.29, 1.82) is 0 Å². The lowest BCUT2D eigenvalue weighted by atomic mass is 9.98. The summed E-state index contributed by atoms with van der Waals surface area (Å²) in [5.41, 5.74) is 2.33. The summed E-state index contributed by atoms with van der Waals surface area (Å²) in [7, 11) is 0. The molecule has 1 heterocycles. The summed E-state index contributed by atoms with van der Waals surface area (Å²) in [4.78, 5) is 29.2. The molecule has 0 amide bonds. The Balaban J connectivity index is 2.18. The van der Waals surface area contributed by atoms with E-state index in [1.165, 1.54) is 24.2 Å². The molecule has 1 atom stereocenters. The maximum absolute atomic E-state index is 13.2. The van der Waals surface area contributed by atoms with Crippen molar-refractivity contribution in [2.45, 2.75) is 38.3 Å². The van der Waals surface area contributed by atoms with Crippen LogP contribution in [0, 0.1) is 0 Å². The normalized spacial score (nSPS) is 12.3. The van der Waals surface area contributed by atoms with E-state index in [1.54, 1.807) is 22.8 Å². The van der Waals surface area contributed by atoms with E-state index in [4.69, 9.17) is 11.6 Å². The zero-order valence-corrected chi connectivity index (χ0v) is 17.1. The monoisotopic (exact) mass is 400 g/mol. The number of fused-ring (bicyclic) bond motifs is 1. The third-order valence-electron chi connectivity index (χ3n) is 4.54. The Kier molecular flexibility index (Phi) is 6.02. The molecule has 0 saturated heterocycles. The van der Waals surface area contributed by atoms with Gasteiger partial charge in [-0.05, 0) is 55.2 Å². The molecule has 1 aromatic heterocycles. The summed E-state index contributed by atoms with van der Waals surface area (Å²) in [5.74, 6) is 0.738. The van der Waals surface area contributed by atoms with Gasteiger partial charge in [-0.15, -0.1) is 0 Å². The molecule has 140 valence electrons. The van der Waals surface area contributed by atoms with E-state index < -0.39 is 0 Å². The van der Waals surface area contributed by atoms with Gasteiger partial charge in [0.2, 0.25) is 0 Å². The largest absolute Gasteiger partial charge is 0.299 e. The summed E-state index contributed by atoms with van der Waals surface area (Å²) in [6.07, 6.45) is 1.05. The van der Waals surface area contributed by atoms with Gasteiger partial charge in [-0.2, -0.15) is 0 Å². The fraction of sp³-hybridized carbons (Fsp3) is 0.286. The van der Waals surface area contributed by atoms with Gasteiger partial charge in [-0.1, -0.05) is 49.3 Å². The van der Waals surface area contributed by atoms with Crippen LogP contribution < -0.4 is 5.56 Å². The Bertz CT molecular complexity index is 1040. The molecule has 4 nitrogen and oxygen atoms in total. The van der Waals surface area contributed by atoms with E-state index in [-0.39, 0.29) is 17.1 Å². The zero-order valence-electron chi connectivity index (χ0n) is 15.5. The van der Waals surface area contributed by atoms with Crippen LogP contribution in [0.15, 0.2) is 52.4 Å². The SMILES string of the molecule is CC[C@@H](C)c1ccc(-n2c(SCC(C)=O)nc3cc(Cl)ccc3c2=O)cc1. The van der Waals surface area contributed by atoms with Gasteiger partial charge in [0, 0.05) is 5.02 Å². The number of aromatic nitrogens is 2. The predicted molar refractivity (Wildman–Crippen MR) is 112 cm³/mol. The van der Waals surface area contributed by atoms with Crippen molar-refractivity contribution in [2.24, 2.45) is 0 Å². The minimum Gasteiger partial charge on any atom is -0.299 e. The molecule has 0 N–H and O–H groups in total. The molecule has 0 aliphatic carbocycles. The number of thioether (sulfide) groups is 1. The number of ketones is 1. The molecule has 0 aliphatic rings. The summed E-state index contributed by atoms with van der Waals surface area (Å²) in [6, 6.07) is 13.0. The van der Waals surface area contributed by atoms with Crippen molar-refractivity contribution in [3.05, 3.63) is 63.4 Å². The molecule has 0 bridgehead atoms. The van der Waals surface area contributed by atoms with Crippen molar-refractivity contribution < 1.29 is 4.79 Å². The van der Waals surface area contributed by atoms with Gasteiger partial charge in [-0.25, -0.2) is 4.98 Å². The Morgan fingerprint density at radius 2 is 1.93 bits per heavy atom. The number of hydrogen-bond donors (Lipinski definition) is 0. The molecule has 2 aromatic carbocycles. The highest BCUT2D eigenvalue weighted by atomic mass is 35.5. The van der Waals surface area contributed by atoms with E-state index >= 15 is 0 Å². The first-order valence-corrected chi connectivity index (χ1v) is 10.2. The first kappa shape index (κ1) is 19.6. The van der Waals surface area contributed by atoms with Crippen LogP contribution in [0.2, 0.25) is 5.02 Å². The number of rotatable bonds is 6. The molecular formula is C21H21ClN2O2S. The van der Waals surface area contributed by atoms with Crippen LogP contribution in [0.4, 0.5) is 0 Å². The van der Waals surface area contributed by atoms with Gasteiger partial charge >= 0.3 is 0 Å². The van der Waals surface area contributed by atoms with Crippen molar-refractivity contribution in [3.8, 4) is 5.69 Å². The van der Waals surface area contributed by atoms with Crippen molar-refractivity contribution >= 4 is 40.0 Å². The van der Waals surface area contributed by atoms with E-state index in [1.807, 2.05) is 24.3 Å². The number of carbonyl (C=O) groups excluding carboxylic acids is 1. The van der Waals surface area contributed by atoms with Gasteiger partial charge < -0.3 is 0 Å². The van der Waals surface area contributed by atoms with Crippen LogP contribution in [0.5, 0.6) is 0 Å². The molecule has 0 aliphatic heterocycles. The van der Waals surface area contributed by atoms with Crippen LogP contribution >= 0.6 is 23.4 Å². The molecule has 0 fully saturated rings. The number of nitrogens with zero attached hydrogens (tertiary/aromatic N) is 2. The van der Waals surface area contributed by atoms with Crippen molar-refractivity contribution in [3.63, 3.8) is 0 Å². The van der Waals surface area contributed by atoms with Crippen LogP contribution in [0.25, 0.3) is 16.6 Å². The Morgan fingerprint density at radius 1 is 1.22 bits per heavy atom. The van der Waals surface area contributed by atoms with Crippen LogP contribution in [0.1, 0.15) is 38.7 Å². The molecule has 27 heavy (non-hydrogen) atoms. The minimum atomic E-state index is -0.168. The number of benzene rings is 2. The summed E-state index contributed by atoms with van der Waals surface area (Å²) in [6.45, 7) is 5.85. The molecule has 3 rings (SSSR count). The zero-order chi connectivity index (χ0) is 19.6. The number of hydrogen-bond acceptors (Lipinski definition) is 4. The highest BCUT2D eigenvalue weighted by Crippen LogP contribution is 2.25. The second-order valence-corrected chi connectivity index (χ2v) is 7.97. The van der Waals surface area contributed by atoms with Crippen molar-refractivity contribution in [1.82, 2.24) is 9.55 Å². The highest BCUT2D eigenvalue weighted by Gasteiger charge is 2.15. The first-order valence-electron chi connectivity index (χ1n) is 8.85. The Hall–Kier alpha value is -2.11. The van der Waals surface area contributed by atoms with Gasteiger partial charge in [-0.3, -0.25) is 14.2 Å². The summed E-state index contributed by atoms with van der Waals surface area (Å²) >= 11 is 7.32. The van der Waals surface area contributed by atoms with E-state index in [0.717, 1.165) is 12.1 Å². The van der Waals surface area contributed by atoms with E-state index in [9.17, 15) is 9.59 Å². The van der Waals surface area contributed by atoms with E-state index in [0.29, 0.717) is 27.0 Å². The molecule has 6 heteroatoms. The lowest BCUT2D eigenvalue weighted by Crippen LogP contribution is -2.22. The third-order valence-corrected chi connectivity index (χ3v) is 5.86. The third kappa shape index (κ3) is 4.25. The van der Waals surface area contributed by atoms with Crippen LogP contribution in [-0.4, -0.2) is 21.1 Å². The summed E-state index contributed by atoms with van der Waals surface area (Å²) in [5, 5.41) is 1.51.